The van der Waals surface area contributed by atoms with Crippen LogP contribution in [0.5, 0.6) is 0 Å². The van der Waals surface area contributed by atoms with Gasteiger partial charge in [-0.1, -0.05) is 23.7 Å². The molecule has 1 fully saturated rings. The molecule has 3 aromatic rings. The SMILES string of the molecule is CNC(=O)N1CCC(N(C)C(=O)Nc2ccc(-c3cccc(F)c3)nn2)CC1.Nc1ccc(Cl)nn1. The third-order valence-corrected chi connectivity index (χ3v) is 5.71. The van der Waals surface area contributed by atoms with Gasteiger partial charge >= 0.3 is 12.1 Å². The molecule has 0 atom stereocenters. The predicted octanol–water partition coefficient (Wildman–Crippen LogP) is 3.26. The van der Waals surface area contributed by atoms with Crippen LogP contribution in [0.4, 0.5) is 25.6 Å². The third kappa shape index (κ3) is 7.47. The van der Waals surface area contributed by atoms with Crippen LogP contribution in [0.2, 0.25) is 5.15 Å². The fraction of sp³-hybridized carbons (Fsp3) is 0.304. The summed E-state index contributed by atoms with van der Waals surface area (Å²) in [6.07, 6.45) is 1.42. The Balaban J connectivity index is 0.000000383. The first kappa shape index (κ1) is 26.5. The van der Waals surface area contributed by atoms with Gasteiger partial charge in [-0.25, -0.2) is 14.0 Å². The Morgan fingerprint density at radius 3 is 2.39 bits per heavy atom. The van der Waals surface area contributed by atoms with Gasteiger partial charge in [-0.15, -0.1) is 20.4 Å². The van der Waals surface area contributed by atoms with Crippen molar-refractivity contribution in [2.75, 3.05) is 38.2 Å². The third-order valence-electron chi connectivity index (χ3n) is 5.51. The molecular formula is C23H27ClFN9O2. The molecule has 1 aromatic carbocycles. The van der Waals surface area contributed by atoms with Crippen molar-refractivity contribution in [3.05, 3.63) is 59.5 Å². The molecule has 0 radical (unpaired) electrons. The molecule has 0 spiro atoms. The highest BCUT2D eigenvalue weighted by Gasteiger charge is 2.27. The molecule has 4 amide bonds. The molecule has 4 rings (SSSR count). The van der Waals surface area contributed by atoms with Gasteiger partial charge in [0.2, 0.25) is 0 Å². The molecule has 1 aliphatic heterocycles. The Labute approximate surface area is 212 Å². The number of amides is 4. The summed E-state index contributed by atoms with van der Waals surface area (Å²) in [6, 6.07) is 12.2. The van der Waals surface area contributed by atoms with Crippen LogP contribution < -0.4 is 16.4 Å². The summed E-state index contributed by atoms with van der Waals surface area (Å²) in [5.74, 6) is 0.356. The molecule has 0 saturated carbocycles. The highest BCUT2D eigenvalue weighted by atomic mass is 35.5. The number of piperidine rings is 1. The van der Waals surface area contributed by atoms with Crippen LogP contribution >= 0.6 is 11.6 Å². The number of halogens is 2. The summed E-state index contributed by atoms with van der Waals surface area (Å²) in [5, 5.41) is 20.7. The Morgan fingerprint density at radius 1 is 1.08 bits per heavy atom. The van der Waals surface area contributed by atoms with E-state index in [2.05, 4.69) is 31.0 Å². The number of nitrogen functional groups attached to an aromatic ring is 1. The lowest BCUT2D eigenvalue weighted by molar-refractivity contribution is 0.146. The van der Waals surface area contributed by atoms with Gasteiger partial charge in [0.25, 0.3) is 0 Å². The van der Waals surface area contributed by atoms with Crippen molar-refractivity contribution in [2.45, 2.75) is 18.9 Å². The number of rotatable bonds is 3. The van der Waals surface area contributed by atoms with E-state index in [9.17, 15) is 14.0 Å². The predicted molar refractivity (Wildman–Crippen MR) is 135 cm³/mol. The number of anilines is 2. The minimum atomic E-state index is -0.347. The molecule has 1 aliphatic rings. The van der Waals surface area contributed by atoms with Crippen LogP contribution in [0.15, 0.2) is 48.5 Å². The maximum Gasteiger partial charge on any atom is 0.323 e. The molecular weight excluding hydrogens is 489 g/mol. The average Bonchev–Trinajstić information content (AvgIpc) is 2.90. The lowest BCUT2D eigenvalue weighted by atomic mass is 10.0. The monoisotopic (exact) mass is 515 g/mol. The number of nitrogens with one attached hydrogen (secondary N) is 2. The summed E-state index contributed by atoms with van der Waals surface area (Å²) < 4.78 is 13.3. The van der Waals surface area contributed by atoms with Gasteiger partial charge < -0.3 is 20.9 Å². The fourth-order valence-electron chi connectivity index (χ4n) is 3.50. The van der Waals surface area contributed by atoms with E-state index in [1.165, 1.54) is 12.1 Å². The summed E-state index contributed by atoms with van der Waals surface area (Å²) in [4.78, 5) is 27.5. The fourth-order valence-corrected chi connectivity index (χ4v) is 3.61. The van der Waals surface area contributed by atoms with Crippen molar-refractivity contribution < 1.29 is 14.0 Å². The maximum absolute atomic E-state index is 13.3. The van der Waals surface area contributed by atoms with E-state index in [-0.39, 0.29) is 23.9 Å². The molecule has 0 bridgehead atoms. The first-order valence-electron chi connectivity index (χ1n) is 11.1. The van der Waals surface area contributed by atoms with Crippen molar-refractivity contribution in [3.63, 3.8) is 0 Å². The van der Waals surface area contributed by atoms with Gasteiger partial charge in [-0.05, 0) is 49.2 Å². The molecule has 190 valence electrons. The number of carbonyl (C=O) groups excluding carboxylic acids is 2. The van der Waals surface area contributed by atoms with E-state index in [0.717, 1.165) is 0 Å². The molecule has 11 nitrogen and oxygen atoms in total. The van der Waals surface area contributed by atoms with Gasteiger partial charge in [-0.3, -0.25) is 5.32 Å². The standard InChI is InChI=1S/C19H23FN6O2.C4H4ClN3/c1-21-18(27)26-10-8-15(9-11-26)25(2)19(28)22-17-7-6-16(23-24-17)13-4-3-5-14(20)12-13;5-3-1-2-4(6)8-7-3/h3-7,12,15H,8-11H2,1-2H3,(H,21,27)(H,22,24,28);1-2H,(H2,6,8). The molecule has 1 saturated heterocycles. The lowest BCUT2D eigenvalue weighted by Gasteiger charge is -2.36. The Hall–Kier alpha value is -4.06. The van der Waals surface area contributed by atoms with Gasteiger partial charge in [0.05, 0.1) is 5.69 Å². The average molecular weight is 516 g/mol. The summed E-state index contributed by atoms with van der Waals surface area (Å²) >= 11 is 5.38. The maximum atomic E-state index is 13.3. The van der Waals surface area contributed by atoms with E-state index in [4.69, 9.17) is 17.3 Å². The lowest BCUT2D eigenvalue weighted by Crippen LogP contribution is -2.50. The summed E-state index contributed by atoms with van der Waals surface area (Å²) in [6.45, 7) is 1.20. The second-order valence-corrected chi connectivity index (χ2v) is 8.30. The number of aromatic nitrogens is 4. The highest BCUT2D eigenvalue weighted by molar-refractivity contribution is 6.29. The zero-order valence-electron chi connectivity index (χ0n) is 19.9. The second kappa shape index (κ2) is 12.6. The number of hydrogen-bond donors (Lipinski definition) is 3. The quantitative estimate of drug-likeness (QED) is 0.486. The van der Waals surface area contributed by atoms with Gasteiger partial charge in [0.1, 0.15) is 11.6 Å². The van der Waals surface area contributed by atoms with Gasteiger partial charge in [0.15, 0.2) is 11.0 Å². The Kier molecular flexibility index (Phi) is 9.28. The number of nitrogens with two attached hydrogens (primary N) is 1. The number of urea groups is 2. The number of nitrogens with zero attached hydrogens (tertiary/aromatic N) is 6. The Bertz CT molecular complexity index is 1140. The minimum Gasteiger partial charge on any atom is -0.382 e. The molecule has 2 aromatic heterocycles. The molecule has 4 N–H and O–H groups in total. The topological polar surface area (TPSA) is 142 Å². The van der Waals surface area contributed by atoms with Gasteiger partial charge in [0, 0.05) is 38.8 Å². The summed E-state index contributed by atoms with van der Waals surface area (Å²) in [5.41, 5.74) is 6.33. The largest absolute Gasteiger partial charge is 0.382 e. The molecule has 13 heteroatoms. The van der Waals surface area contributed by atoms with Crippen LogP contribution in [0.25, 0.3) is 11.3 Å². The first-order valence-corrected chi connectivity index (χ1v) is 11.5. The van der Waals surface area contributed by atoms with Crippen LogP contribution in [0, 0.1) is 5.82 Å². The van der Waals surface area contributed by atoms with Crippen molar-refractivity contribution >= 4 is 35.3 Å². The van der Waals surface area contributed by atoms with Crippen LogP contribution in [-0.4, -0.2) is 75.5 Å². The van der Waals surface area contributed by atoms with E-state index >= 15 is 0 Å². The van der Waals surface area contributed by atoms with Crippen molar-refractivity contribution in [1.82, 2.24) is 35.5 Å². The number of carbonyl (C=O) groups is 2. The highest BCUT2D eigenvalue weighted by Crippen LogP contribution is 2.19. The smallest absolute Gasteiger partial charge is 0.323 e. The van der Waals surface area contributed by atoms with Gasteiger partial charge in [-0.2, -0.15) is 0 Å². The molecule has 36 heavy (non-hydrogen) atoms. The van der Waals surface area contributed by atoms with Crippen molar-refractivity contribution in [2.24, 2.45) is 0 Å². The van der Waals surface area contributed by atoms with E-state index in [1.54, 1.807) is 60.3 Å². The van der Waals surface area contributed by atoms with Crippen LogP contribution in [0.3, 0.4) is 0 Å². The normalized spacial score (nSPS) is 13.3. The molecule has 0 aliphatic carbocycles. The zero-order valence-corrected chi connectivity index (χ0v) is 20.6. The Morgan fingerprint density at radius 2 is 1.83 bits per heavy atom. The van der Waals surface area contributed by atoms with E-state index in [0.29, 0.717) is 54.0 Å². The van der Waals surface area contributed by atoms with Crippen LogP contribution in [-0.2, 0) is 0 Å². The minimum absolute atomic E-state index is 0.0421. The summed E-state index contributed by atoms with van der Waals surface area (Å²) in [7, 11) is 3.33. The number of benzene rings is 1. The van der Waals surface area contributed by atoms with Crippen molar-refractivity contribution in [3.8, 4) is 11.3 Å². The zero-order chi connectivity index (χ0) is 26.1. The molecule has 0 unspecified atom stereocenters. The van der Waals surface area contributed by atoms with Crippen molar-refractivity contribution in [1.29, 1.82) is 0 Å². The molecule has 3 heterocycles. The van der Waals surface area contributed by atoms with E-state index < -0.39 is 0 Å². The number of hydrogen-bond acceptors (Lipinski definition) is 7. The van der Waals surface area contributed by atoms with Crippen LogP contribution in [0.1, 0.15) is 12.8 Å². The number of likely N-dealkylation sites (tertiary alicyclic amines) is 1. The van der Waals surface area contributed by atoms with E-state index in [1.807, 2.05) is 0 Å². The second-order valence-electron chi connectivity index (χ2n) is 7.91. The first-order chi connectivity index (χ1) is 17.3.